The predicted molar refractivity (Wildman–Crippen MR) is 98.3 cm³/mol. The summed E-state index contributed by atoms with van der Waals surface area (Å²) >= 11 is 0. The number of methoxy groups -OCH3 is 1. The van der Waals surface area contributed by atoms with E-state index in [0.29, 0.717) is 12.1 Å². The van der Waals surface area contributed by atoms with Gasteiger partial charge >= 0.3 is 5.97 Å². The van der Waals surface area contributed by atoms with Crippen LogP contribution in [0.5, 0.6) is 0 Å². The maximum atomic E-state index is 13.1. The minimum Gasteiger partial charge on any atom is -0.469 e. The van der Waals surface area contributed by atoms with Crippen molar-refractivity contribution in [2.24, 2.45) is 5.92 Å². The highest BCUT2D eigenvalue weighted by Gasteiger charge is 2.27. The van der Waals surface area contributed by atoms with E-state index in [1.807, 2.05) is 68.4 Å². The van der Waals surface area contributed by atoms with Gasteiger partial charge in [-0.25, -0.2) is 0 Å². The van der Waals surface area contributed by atoms with Crippen LogP contribution in [-0.4, -0.2) is 30.4 Å². The van der Waals surface area contributed by atoms with E-state index in [1.54, 1.807) is 11.8 Å². The van der Waals surface area contributed by atoms with Crippen molar-refractivity contribution >= 4 is 11.9 Å². The molecule has 0 saturated carbocycles. The van der Waals surface area contributed by atoms with Gasteiger partial charge in [-0.05, 0) is 31.5 Å². The molecule has 2 atom stereocenters. The Morgan fingerprint density at radius 1 is 1.00 bits per heavy atom. The minimum atomic E-state index is -0.398. The fourth-order valence-corrected chi connectivity index (χ4v) is 2.76. The fourth-order valence-electron chi connectivity index (χ4n) is 2.76. The van der Waals surface area contributed by atoms with Gasteiger partial charge in [-0.2, -0.15) is 0 Å². The maximum absolute atomic E-state index is 13.1. The molecule has 2 unspecified atom stereocenters. The summed E-state index contributed by atoms with van der Waals surface area (Å²) in [4.78, 5) is 26.7. The molecule has 0 fully saturated rings. The average Bonchev–Trinajstić information content (AvgIpc) is 2.65. The molecule has 4 nitrogen and oxygen atoms in total. The summed E-state index contributed by atoms with van der Waals surface area (Å²) in [6, 6.07) is 17.2. The topological polar surface area (TPSA) is 46.6 Å². The maximum Gasteiger partial charge on any atom is 0.310 e. The summed E-state index contributed by atoms with van der Waals surface area (Å²) in [5, 5.41) is 0. The molecule has 0 saturated heterocycles. The van der Waals surface area contributed by atoms with Gasteiger partial charge < -0.3 is 9.64 Å². The highest BCUT2D eigenvalue weighted by molar-refractivity contribution is 5.94. The van der Waals surface area contributed by atoms with Gasteiger partial charge in [0.05, 0.1) is 19.1 Å². The van der Waals surface area contributed by atoms with Crippen molar-refractivity contribution in [3.63, 3.8) is 0 Å². The summed E-state index contributed by atoms with van der Waals surface area (Å²) in [5.41, 5.74) is 2.74. The van der Waals surface area contributed by atoms with Crippen LogP contribution in [0.4, 0.5) is 0 Å². The van der Waals surface area contributed by atoms with Crippen molar-refractivity contribution in [3.8, 4) is 0 Å². The van der Waals surface area contributed by atoms with Crippen LogP contribution >= 0.6 is 0 Å². The Morgan fingerprint density at radius 3 is 2.16 bits per heavy atom. The standard InChI is InChI=1S/C21H25NO3/c1-15-10-12-19(13-11-15)20(23)22(14-16(2)21(24)25-4)17(3)18-8-6-5-7-9-18/h5-13,16-17H,14H2,1-4H3. The first-order valence-corrected chi connectivity index (χ1v) is 8.44. The van der Waals surface area contributed by atoms with Crippen LogP contribution in [0.15, 0.2) is 54.6 Å². The Labute approximate surface area is 149 Å². The Hall–Kier alpha value is -2.62. The molecule has 2 aromatic rings. The normalized spacial score (nSPS) is 13.0. The number of carbonyl (C=O) groups excluding carboxylic acids is 2. The molecule has 0 aromatic heterocycles. The van der Waals surface area contributed by atoms with E-state index in [4.69, 9.17) is 4.74 Å². The second kappa shape index (κ2) is 8.47. The third kappa shape index (κ3) is 4.69. The SMILES string of the molecule is COC(=O)C(C)CN(C(=O)c1ccc(C)cc1)C(C)c1ccccc1. The number of nitrogens with zero attached hydrogens (tertiary/aromatic N) is 1. The smallest absolute Gasteiger partial charge is 0.310 e. The molecule has 0 aliphatic heterocycles. The van der Waals surface area contributed by atoms with Crippen molar-refractivity contribution in [1.82, 2.24) is 4.90 Å². The zero-order valence-corrected chi connectivity index (χ0v) is 15.2. The number of ether oxygens (including phenoxy) is 1. The second-order valence-electron chi connectivity index (χ2n) is 6.33. The highest BCUT2D eigenvalue weighted by Crippen LogP contribution is 2.24. The van der Waals surface area contributed by atoms with Crippen LogP contribution in [0.2, 0.25) is 0 Å². The van der Waals surface area contributed by atoms with Crippen LogP contribution in [0.3, 0.4) is 0 Å². The molecule has 0 aliphatic carbocycles. The van der Waals surface area contributed by atoms with E-state index in [0.717, 1.165) is 11.1 Å². The first-order valence-electron chi connectivity index (χ1n) is 8.44. The number of esters is 1. The molecule has 2 aromatic carbocycles. The van der Waals surface area contributed by atoms with Crippen molar-refractivity contribution in [1.29, 1.82) is 0 Å². The molecule has 1 amide bonds. The van der Waals surface area contributed by atoms with Gasteiger partial charge in [-0.15, -0.1) is 0 Å². The van der Waals surface area contributed by atoms with E-state index >= 15 is 0 Å². The average molecular weight is 339 g/mol. The molecule has 0 spiro atoms. The number of benzene rings is 2. The van der Waals surface area contributed by atoms with Gasteiger partial charge in [0.15, 0.2) is 0 Å². The van der Waals surface area contributed by atoms with Gasteiger partial charge in [0.2, 0.25) is 0 Å². The largest absolute Gasteiger partial charge is 0.469 e. The Balaban J connectivity index is 2.32. The molecule has 0 heterocycles. The lowest BCUT2D eigenvalue weighted by Gasteiger charge is -2.31. The van der Waals surface area contributed by atoms with Crippen molar-refractivity contribution in [3.05, 3.63) is 71.3 Å². The van der Waals surface area contributed by atoms with E-state index in [-0.39, 0.29) is 17.9 Å². The first-order chi connectivity index (χ1) is 11.9. The molecule has 2 rings (SSSR count). The lowest BCUT2D eigenvalue weighted by atomic mass is 10.0. The number of carbonyl (C=O) groups is 2. The van der Waals surface area contributed by atoms with Crippen LogP contribution in [-0.2, 0) is 9.53 Å². The lowest BCUT2D eigenvalue weighted by Crippen LogP contribution is -2.39. The Bertz CT molecular complexity index is 710. The van der Waals surface area contributed by atoms with Crippen LogP contribution < -0.4 is 0 Å². The first kappa shape index (κ1) is 18.7. The van der Waals surface area contributed by atoms with Crippen LogP contribution in [0.1, 0.15) is 41.4 Å². The summed E-state index contributed by atoms with van der Waals surface area (Å²) < 4.78 is 4.82. The molecule has 132 valence electrons. The number of rotatable bonds is 6. The van der Waals surface area contributed by atoms with Crippen molar-refractivity contribution < 1.29 is 14.3 Å². The monoisotopic (exact) mass is 339 g/mol. The zero-order chi connectivity index (χ0) is 18.4. The molecule has 25 heavy (non-hydrogen) atoms. The predicted octanol–water partition coefficient (Wildman–Crippen LogP) is 4.01. The van der Waals surface area contributed by atoms with E-state index in [9.17, 15) is 9.59 Å². The number of aryl methyl sites for hydroxylation is 1. The van der Waals surface area contributed by atoms with Gasteiger partial charge in [-0.1, -0.05) is 55.0 Å². The molecular formula is C21H25NO3. The van der Waals surface area contributed by atoms with Gasteiger partial charge in [0.1, 0.15) is 0 Å². The molecule has 0 bridgehead atoms. The minimum absolute atomic E-state index is 0.0906. The zero-order valence-electron chi connectivity index (χ0n) is 15.2. The van der Waals surface area contributed by atoms with Gasteiger partial charge in [-0.3, -0.25) is 9.59 Å². The molecule has 4 heteroatoms. The molecular weight excluding hydrogens is 314 g/mol. The Kier molecular flexibility index (Phi) is 6.34. The quantitative estimate of drug-likeness (QED) is 0.747. The summed E-state index contributed by atoms with van der Waals surface area (Å²) in [6.07, 6.45) is 0. The van der Waals surface area contributed by atoms with Crippen molar-refractivity contribution in [2.45, 2.75) is 26.8 Å². The van der Waals surface area contributed by atoms with Gasteiger partial charge in [0.25, 0.3) is 5.91 Å². The second-order valence-corrected chi connectivity index (χ2v) is 6.33. The third-order valence-electron chi connectivity index (χ3n) is 4.38. The summed E-state index contributed by atoms with van der Waals surface area (Å²) in [7, 11) is 1.37. The lowest BCUT2D eigenvalue weighted by molar-refractivity contribution is -0.145. The van der Waals surface area contributed by atoms with Crippen LogP contribution in [0, 0.1) is 12.8 Å². The number of amides is 1. The summed E-state index contributed by atoms with van der Waals surface area (Å²) in [6.45, 7) is 6.04. The summed E-state index contributed by atoms with van der Waals surface area (Å²) in [5.74, 6) is -0.806. The van der Waals surface area contributed by atoms with E-state index in [2.05, 4.69) is 0 Å². The van der Waals surface area contributed by atoms with Crippen molar-refractivity contribution in [2.75, 3.05) is 13.7 Å². The fraction of sp³-hybridized carbons (Fsp3) is 0.333. The third-order valence-corrected chi connectivity index (χ3v) is 4.38. The van der Waals surface area contributed by atoms with Crippen LogP contribution in [0.25, 0.3) is 0 Å². The molecule has 0 aliphatic rings. The van der Waals surface area contributed by atoms with E-state index < -0.39 is 5.92 Å². The number of hydrogen-bond acceptors (Lipinski definition) is 3. The van der Waals surface area contributed by atoms with E-state index in [1.165, 1.54) is 7.11 Å². The molecule has 0 radical (unpaired) electrons. The Morgan fingerprint density at radius 2 is 1.60 bits per heavy atom. The highest BCUT2D eigenvalue weighted by atomic mass is 16.5. The molecule has 0 N–H and O–H groups in total. The van der Waals surface area contributed by atoms with Gasteiger partial charge in [0, 0.05) is 12.1 Å². The number of hydrogen-bond donors (Lipinski definition) is 0.